The van der Waals surface area contributed by atoms with Crippen LogP contribution < -0.4 is 27.4 Å². The molecule has 32 heavy (non-hydrogen) atoms. The van der Waals surface area contributed by atoms with Gasteiger partial charge in [-0.15, -0.1) is 0 Å². The second kappa shape index (κ2) is 14.4. The Labute approximate surface area is 185 Å². The predicted molar refractivity (Wildman–Crippen MR) is 116 cm³/mol. The number of nitrogens with one attached hydrogen (secondary N) is 3. The number of benzene rings is 1. The van der Waals surface area contributed by atoms with E-state index in [1.165, 1.54) is 6.92 Å². The van der Waals surface area contributed by atoms with Gasteiger partial charge in [0.05, 0.1) is 12.6 Å². The fourth-order valence-electron chi connectivity index (χ4n) is 2.48. The third-order valence-electron chi connectivity index (χ3n) is 4.22. The van der Waals surface area contributed by atoms with E-state index in [2.05, 4.69) is 20.9 Å². The lowest BCUT2D eigenvalue weighted by molar-refractivity contribution is -0.131. The van der Waals surface area contributed by atoms with Crippen molar-refractivity contribution in [3.63, 3.8) is 0 Å². The number of amides is 3. The fraction of sp³-hybridized carbons (Fsp3) is 0.450. The molecule has 0 saturated heterocycles. The molecule has 1 rings (SSSR count). The lowest BCUT2D eigenvalue weighted by Crippen LogP contribution is -2.55. The van der Waals surface area contributed by atoms with Gasteiger partial charge in [0.2, 0.25) is 11.8 Å². The highest BCUT2D eigenvalue weighted by atomic mass is 16.5. The molecule has 3 atom stereocenters. The van der Waals surface area contributed by atoms with Crippen LogP contribution in [-0.4, -0.2) is 66.5 Å². The van der Waals surface area contributed by atoms with Gasteiger partial charge in [0.15, 0.2) is 5.96 Å². The van der Waals surface area contributed by atoms with E-state index in [-0.39, 0.29) is 12.6 Å². The molecule has 12 nitrogen and oxygen atoms in total. The largest absolute Gasteiger partial charge is 0.445 e. The maximum atomic E-state index is 12.3. The summed E-state index contributed by atoms with van der Waals surface area (Å²) in [6.45, 7) is 0.986. The number of guanidine groups is 1. The van der Waals surface area contributed by atoms with E-state index in [0.29, 0.717) is 25.7 Å². The summed E-state index contributed by atoms with van der Waals surface area (Å²) >= 11 is 0. The van der Waals surface area contributed by atoms with E-state index in [1.807, 2.05) is 6.07 Å². The summed E-state index contributed by atoms with van der Waals surface area (Å²) in [5.41, 5.74) is 11.2. The molecular weight excluding hydrogens is 420 g/mol. The van der Waals surface area contributed by atoms with Crippen LogP contribution in [0.5, 0.6) is 0 Å². The average Bonchev–Trinajstić information content (AvgIpc) is 2.78. The zero-order valence-electron chi connectivity index (χ0n) is 17.8. The first kappa shape index (κ1) is 26.4. The number of aliphatic hydroxyl groups is 1. The predicted octanol–water partition coefficient (Wildman–Crippen LogP) is -1.48. The Balaban J connectivity index is 2.47. The lowest BCUT2D eigenvalue weighted by Gasteiger charge is -2.21. The van der Waals surface area contributed by atoms with Crippen molar-refractivity contribution in [1.82, 2.24) is 16.0 Å². The highest BCUT2D eigenvalue weighted by Gasteiger charge is 2.25. The van der Waals surface area contributed by atoms with Crippen LogP contribution in [0.4, 0.5) is 4.79 Å². The normalized spacial score (nSPS) is 13.1. The van der Waals surface area contributed by atoms with E-state index in [0.717, 1.165) is 5.56 Å². The van der Waals surface area contributed by atoms with Crippen molar-refractivity contribution in [1.29, 1.82) is 0 Å². The smallest absolute Gasteiger partial charge is 0.408 e. The number of hydrogen-bond acceptors (Lipinski definition) is 7. The Morgan fingerprint density at radius 1 is 1.12 bits per heavy atom. The molecule has 1 aromatic carbocycles. The van der Waals surface area contributed by atoms with Crippen molar-refractivity contribution in [2.45, 2.75) is 44.5 Å². The molecule has 8 N–H and O–H groups in total. The number of aliphatic imine (C=N–C) groups is 1. The fourth-order valence-corrected chi connectivity index (χ4v) is 2.48. The van der Waals surface area contributed by atoms with Crippen molar-refractivity contribution in [3.05, 3.63) is 35.9 Å². The van der Waals surface area contributed by atoms with Gasteiger partial charge < -0.3 is 42.1 Å². The van der Waals surface area contributed by atoms with Gasteiger partial charge in [0.1, 0.15) is 25.0 Å². The molecule has 0 fully saturated rings. The molecular formula is C20H30N6O6. The maximum absolute atomic E-state index is 12.3. The first-order valence-electron chi connectivity index (χ1n) is 9.96. The molecule has 3 amide bonds. The number of alkyl carbamates (subject to hydrolysis) is 1. The summed E-state index contributed by atoms with van der Waals surface area (Å²) in [4.78, 5) is 51.4. The molecule has 0 spiro atoms. The highest BCUT2D eigenvalue weighted by Crippen LogP contribution is 2.01. The zero-order valence-corrected chi connectivity index (χ0v) is 17.8. The van der Waals surface area contributed by atoms with Crippen LogP contribution in [0.2, 0.25) is 0 Å². The van der Waals surface area contributed by atoms with Crippen LogP contribution in [-0.2, 0) is 25.7 Å². The van der Waals surface area contributed by atoms with Crippen LogP contribution in [0, 0.1) is 0 Å². The van der Waals surface area contributed by atoms with Crippen LogP contribution in [0.25, 0.3) is 0 Å². The summed E-state index contributed by atoms with van der Waals surface area (Å²) in [6, 6.07) is 5.77. The SMILES string of the molecule is C[C@H](NC(=O)[C@@H](CO)NC(=O)OCc1ccccc1)C(=O)N[C@H](C=O)CCCN=C(N)N. The lowest BCUT2D eigenvalue weighted by atomic mass is 10.1. The summed E-state index contributed by atoms with van der Waals surface area (Å²) in [6.07, 6.45) is 0.440. The van der Waals surface area contributed by atoms with Crippen molar-refractivity contribution < 1.29 is 29.0 Å². The standard InChI is InChI=1S/C20H30N6O6/c1-13(17(29)25-15(10-27)8-5-9-23-19(21)22)24-18(30)16(11-28)26-20(31)32-12-14-6-3-2-4-7-14/h2-4,6-7,10,13,15-16,28H,5,8-9,11-12H2,1H3,(H,24,30)(H,25,29)(H,26,31)(H4,21,22,23)/t13-,15-,16+/m0/s1. The Morgan fingerprint density at radius 2 is 1.81 bits per heavy atom. The number of aldehydes is 1. The van der Waals surface area contributed by atoms with Crippen LogP contribution in [0.15, 0.2) is 35.3 Å². The topological polar surface area (TPSA) is 198 Å². The van der Waals surface area contributed by atoms with Gasteiger partial charge in [0.25, 0.3) is 0 Å². The van der Waals surface area contributed by atoms with Crippen molar-refractivity contribution in [2.75, 3.05) is 13.2 Å². The van der Waals surface area contributed by atoms with E-state index in [4.69, 9.17) is 16.2 Å². The van der Waals surface area contributed by atoms with Crippen LogP contribution in [0.1, 0.15) is 25.3 Å². The summed E-state index contributed by atoms with van der Waals surface area (Å²) in [5, 5.41) is 16.5. The minimum atomic E-state index is -1.32. The molecule has 0 saturated carbocycles. The maximum Gasteiger partial charge on any atom is 0.408 e. The van der Waals surface area contributed by atoms with Gasteiger partial charge in [-0.25, -0.2) is 4.79 Å². The second-order valence-corrected chi connectivity index (χ2v) is 6.87. The van der Waals surface area contributed by atoms with E-state index < -0.39 is 42.6 Å². The number of carbonyl (C=O) groups is 4. The quantitative estimate of drug-likeness (QED) is 0.0904. The molecule has 1 aromatic rings. The number of carbonyl (C=O) groups excluding carboxylic acids is 4. The van der Waals surface area contributed by atoms with Gasteiger partial charge in [-0.2, -0.15) is 0 Å². The molecule has 176 valence electrons. The molecule has 12 heteroatoms. The molecule has 0 heterocycles. The van der Waals surface area contributed by atoms with E-state index in [9.17, 15) is 24.3 Å². The third-order valence-corrected chi connectivity index (χ3v) is 4.22. The van der Waals surface area contributed by atoms with Crippen LogP contribution in [0.3, 0.4) is 0 Å². The second-order valence-electron chi connectivity index (χ2n) is 6.87. The third kappa shape index (κ3) is 10.4. The van der Waals surface area contributed by atoms with E-state index in [1.54, 1.807) is 24.3 Å². The number of nitrogens with zero attached hydrogens (tertiary/aromatic N) is 1. The first-order valence-corrected chi connectivity index (χ1v) is 9.96. The minimum absolute atomic E-state index is 0.0124. The molecule has 0 aromatic heterocycles. The minimum Gasteiger partial charge on any atom is -0.445 e. The summed E-state index contributed by atoms with van der Waals surface area (Å²) < 4.78 is 5.01. The number of rotatable bonds is 13. The van der Waals surface area contributed by atoms with Crippen molar-refractivity contribution >= 4 is 30.2 Å². The Kier molecular flexibility index (Phi) is 11.8. The van der Waals surface area contributed by atoms with Crippen molar-refractivity contribution in [2.24, 2.45) is 16.5 Å². The molecule has 0 radical (unpaired) electrons. The number of ether oxygens (including phenoxy) is 1. The number of nitrogens with two attached hydrogens (primary N) is 2. The molecule has 0 aliphatic rings. The first-order chi connectivity index (χ1) is 15.3. The van der Waals surface area contributed by atoms with Gasteiger partial charge in [-0.3, -0.25) is 14.6 Å². The Hall–Kier alpha value is -3.67. The van der Waals surface area contributed by atoms with Gasteiger partial charge in [0, 0.05) is 6.54 Å². The van der Waals surface area contributed by atoms with Gasteiger partial charge >= 0.3 is 6.09 Å². The highest BCUT2D eigenvalue weighted by molar-refractivity contribution is 5.91. The Bertz CT molecular complexity index is 784. The Morgan fingerprint density at radius 3 is 2.41 bits per heavy atom. The van der Waals surface area contributed by atoms with Crippen molar-refractivity contribution in [3.8, 4) is 0 Å². The molecule has 0 unspecified atom stereocenters. The zero-order chi connectivity index (χ0) is 23.9. The van der Waals surface area contributed by atoms with Gasteiger partial charge in [-0.1, -0.05) is 30.3 Å². The van der Waals surface area contributed by atoms with E-state index >= 15 is 0 Å². The summed E-state index contributed by atoms with van der Waals surface area (Å²) in [7, 11) is 0. The number of aliphatic hydroxyl groups excluding tert-OH is 1. The molecule has 0 aliphatic heterocycles. The van der Waals surface area contributed by atoms with Crippen LogP contribution >= 0.6 is 0 Å². The van der Waals surface area contributed by atoms with Gasteiger partial charge in [-0.05, 0) is 25.3 Å². The molecule has 0 aliphatic carbocycles. The average molecular weight is 450 g/mol. The number of hydrogen-bond donors (Lipinski definition) is 6. The molecule has 0 bridgehead atoms. The monoisotopic (exact) mass is 450 g/mol. The summed E-state index contributed by atoms with van der Waals surface area (Å²) in [5.74, 6) is -1.47.